The topological polar surface area (TPSA) is 85.6 Å². The van der Waals surface area contributed by atoms with E-state index in [0.29, 0.717) is 29.9 Å². The number of hydrogen-bond donors (Lipinski definition) is 1. The highest BCUT2D eigenvalue weighted by Crippen LogP contribution is 2.25. The Hall–Kier alpha value is -3.09. The number of allylic oxidation sites excluding steroid dienone is 1. The third-order valence-corrected chi connectivity index (χ3v) is 4.59. The predicted molar refractivity (Wildman–Crippen MR) is 116 cm³/mol. The van der Waals surface area contributed by atoms with E-state index >= 15 is 0 Å². The van der Waals surface area contributed by atoms with Gasteiger partial charge in [0.2, 0.25) is 0 Å². The fourth-order valence-electron chi connectivity index (χ4n) is 3.49. The highest BCUT2D eigenvalue weighted by atomic mass is 16.1. The number of aryl methyl sites for hydroxylation is 1. The van der Waals surface area contributed by atoms with Gasteiger partial charge in [0.25, 0.3) is 0 Å². The molecule has 0 aliphatic heterocycles. The maximum Gasteiger partial charge on any atom is 0.153 e. The van der Waals surface area contributed by atoms with Crippen LogP contribution >= 0.6 is 0 Å². The van der Waals surface area contributed by atoms with Gasteiger partial charge in [-0.1, -0.05) is 19.9 Å². The quantitative estimate of drug-likeness (QED) is 0.617. The smallest absolute Gasteiger partial charge is 0.153 e. The van der Waals surface area contributed by atoms with Gasteiger partial charge in [0.05, 0.1) is 11.7 Å². The van der Waals surface area contributed by atoms with E-state index in [-0.39, 0.29) is 11.2 Å². The van der Waals surface area contributed by atoms with Gasteiger partial charge in [0, 0.05) is 24.7 Å². The van der Waals surface area contributed by atoms with E-state index in [1.165, 1.54) is 0 Å². The number of aromatic nitrogens is 5. The lowest BCUT2D eigenvalue weighted by Crippen LogP contribution is -2.12. The second-order valence-corrected chi connectivity index (χ2v) is 8.31. The van der Waals surface area contributed by atoms with E-state index in [1.54, 1.807) is 25.4 Å². The number of carbonyl (C=O) groups is 1. The van der Waals surface area contributed by atoms with Crippen LogP contribution in [0.2, 0.25) is 0 Å². The largest absolute Gasteiger partial charge is 0.326 e. The minimum absolute atomic E-state index is 0.160. The molecule has 0 spiro atoms. The van der Waals surface area contributed by atoms with Gasteiger partial charge >= 0.3 is 0 Å². The van der Waals surface area contributed by atoms with Gasteiger partial charge in [0.15, 0.2) is 5.82 Å². The van der Waals surface area contributed by atoms with E-state index in [1.807, 2.05) is 39.0 Å². The van der Waals surface area contributed by atoms with Crippen LogP contribution in [-0.2, 0) is 4.79 Å². The summed E-state index contributed by atoms with van der Waals surface area (Å²) in [5.41, 5.74) is 1.68. The number of imidazole rings is 1. The Morgan fingerprint density at radius 2 is 2.00 bits per heavy atom. The highest BCUT2D eigenvalue weighted by molar-refractivity contribution is 5.79. The molecule has 7 nitrogen and oxygen atoms in total. The maximum absolute atomic E-state index is 11.4. The number of rotatable bonds is 7. The molecule has 0 radical (unpaired) electrons. The summed E-state index contributed by atoms with van der Waals surface area (Å²) in [7, 11) is 0. The van der Waals surface area contributed by atoms with E-state index in [2.05, 4.69) is 43.7 Å². The predicted octanol–water partition coefficient (Wildman–Crippen LogP) is 4.87. The Labute approximate surface area is 171 Å². The van der Waals surface area contributed by atoms with Crippen LogP contribution in [-0.4, -0.2) is 30.3 Å². The number of pyridine rings is 1. The van der Waals surface area contributed by atoms with E-state index in [4.69, 9.17) is 0 Å². The molecule has 3 aromatic rings. The zero-order valence-corrected chi connectivity index (χ0v) is 17.9. The summed E-state index contributed by atoms with van der Waals surface area (Å²) in [4.78, 5) is 29.3. The van der Waals surface area contributed by atoms with Crippen LogP contribution in [0.25, 0.3) is 17.1 Å². The van der Waals surface area contributed by atoms with Gasteiger partial charge in [0.1, 0.15) is 28.8 Å². The number of hydrogen-bond acceptors (Lipinski definition) is 6. The molecule has 0 saturated heterocycles. The van der Waals surface area contributed by atoms with Crippen molar-refractivity contribution < 1.29 is 4.79 Å². The van der Waals surface area contributed by atoms with Crippen LogP contribution in [0.1, 0.15) is 58.7 Å². The Kier molecular flexibility index (Phi) is 5.77. The molecule has 0 aliphatic carbocycles. The molecular weight excluding hydrogens is 364 g/mol. The van der Waals surface area contributed by atoms with Crippen LogP contribution in [0.3, 0.4) is 0 Å². The lowest BCUT2D eigenvalue weighted by Gasteiger charge is -2.17. The SMILES string of the molecule is CC(=O)CC(C)(C)/C=C/c1nccc(Nc2cc3c(cn2)nc(C)n3C(C)C)n1. The molecule has 29 heavy (non-hydrogen) atoms. The van der Waals surface area contributed by atoms with Crippen molar-refractivity contribution >= 4 is 34.5 Å². The normalized spacial score (nSPS) is 12.2. The molecule has 0 atom stereocenters. The third-order valence-electron chi connectivity index (χ3n) is 4.59. The molecule has 0 amide bonds. The molecule has 3 heterocycles. The zero-order chi connectivity index (χ0) is 21.2. The number of fused-ring (bicyclic) bond motifs is 1. The first-order chi connectivity index (χ1) is 13.6. The number of Topliss-reactive ketones (excluding diaryl/α,β-unsaturated/α-hetero) is 1. The number of carbonyl (C=O) groups excluding carboxylic acids is 1. The first-order valence-corrected chi connectivity index (χ1v) is 9.78. The summed E-state index contributed by atoms with van der Waals surface area (Å²) >= 11 is 0. The maximum atomic E-state index is 11.4. The van der Waals surface area contributed by atoms with Gasteiger partial charge in [-0.2, -0.15) is 0 Å². The molecule has 3 rings (SSSR count). The fourth-order valence-corrected chi connectivity index (χ4v) is 3.49. The lowest BCUT2D eigenvalue weighted by atomic mass is 9.87. The van der Waals surface area contributed by atoms with Crippen LogP contribution in [0, 0.1) is 12.3 Å². The highest BCUT2D eigenvalue weighted by Gasteiger charge is 2.16. The summed E-state index contributed by atoms with van der Waals surface area (Å²) in [6.07, 6.45) is 7.78. The number of anilines is 2. The first kappa shape index (κ1) is 20.6. The van der Waals surface area contributed by atoms with Gasteiger partial charge in [-0.05, 0) is 45.3 Å². The number of nitrogens with one attached hydrogen (secondary N) is 1. The van der Waals surface area contributed by atoms with Crippen molar-refractivity contribution in [2.45, 2.75) is 54.0 Å². The molecule has 1 N–H and O–H groups in total. The molecule has 0 unspecified atom stereocenters. The Morgan fingerprint density at radius 3 is 2.69 bits per heavy atom. The van der Waals surface area contributed by atoms with Gasteiger partial charge in [-0.25, -0.2) is 19.9 Å². The average Bonchev–Trinajstić information content (AvgIpc) is 2.94. The van der Waals surface area contributed by atoms with Crippen LogP contribution in [0.4, 0.5) is 11.6 Å². The van der Waals surface area contributed by atoms with Gasteiger partial charge < -0.3 is 9.88 Å². The van der Waals surface area contributed by atoms with Crippen LogP contribution in [0.15, 0.2) is 30.6 Å². The summed E-state index contributed by atoms with van der Waals surface area (Å²) in [6, 6.07) is 4.10. The first-order valence-electron chi connectivity index (χ1n) is 9.78. The summed E-state index contributed by atoms with van der Waals surface area (Å²) in [5.74, 6) is 3.06. The van der Waals surface area contributed by atoms with Crippen molar-refractivity contribution in [1.29, 1.82) is 0 Å². The second kappa shape index (κ2) is 8.11. The van der Waals surface area contributed by atoms with Crippen LogP contribution < -0.4 is 5.32 Å². The number of ketones is 1. The standard InChI is InChI=1S/C22H28N6O/c1-14(2)28-16(4)25-17-13-24-21(11-18(17)28)27-20-8-10-23-19(26-20)7-9-22(5,6)12-15(3)29/h7-11,13-14H,12H2,1-6H3,(H,23,24,26,27)/b9-7+. The average molecular weight is 393 g/mol. The monoisotopic (exact) mass is 392 g/mol. The molecule has 152 valence electrons. The van der Waals surface area contributed by atoms with Crippen molar-refractivity contribution in [2.75, 3.05) is 5.32 Å². The van der Waals surface area contributed by atoms with Gasteiger partial charge in [-0.3, -0.25) is 4.79 Å². The Morgan fingerprint density at radius 1 is 1.24 bits per heavy atom. The molecule has 0 aromatic carbocycles. The van der Waals surface area contributed by atoms with Crippen molar-refractivity contribution in [2.24, 2.45) is 5.41 Å². The molecule has 0 fully saturated rings. The fraction of sp³-hybridized carbons (Fsp3) is 0.409. The van der Waals surface area contributed by atoms with Crippen molar-refractivity contribution in [3.05, 3.63) is 42.3 Å². The molecule has 7 heteroatoms. The third kappa shape index (κ3) is 5.04. The van der Waals surface area contributed by atoms with Crippen LogP contribution in [0.5, 0.6) is 0 Å². The molecular formula is C22H28N6O. The van der Waals surface area contributed by atoms with E-state index < -0.39 is 0 Å². The lowest BCUT2D eigenvalue weighted by molar-refractivity contribution is -0.118. The Bertz CT molecular complexity index is 1060. The van der Waals surface area contributed by atoms with Crippen molar-refractivity contribution in [3.8, 4) is 0 Å². The van der Waals surface area contributed by atoms with Crippen molar-refractivity contribution in [3.63, 3.8) is 0 Å². The van der Waals surface area contributed by atoms with E-state index in [9.17, 15) is 4.79 Å². The molecule has 0 bridgehead atoms. The second-order valence-electron chi connectivity index (χ2n) is 8.31. The summed E-state index contributed by atoms with van der Waals surface area (Å²) in [6.45, 7) is 11.9. The van der Waals surface area contributed by atoms with E-state index in [0.717, 1.165) is 16.9 Å². The molecule has 0 saturated carbocycles. The summed E-state index contributed by atoms with van der Waals surface area (Å²) < 4.78 is 2.19. The minimum atomic E-state index is -0.238. The number of nitrogens with zero attached hydrogens (tertiary/aromatic N) is 5. The molecule has 0 aliphatic rings. The molecule has 3 aromatic heterocycles. The summed E-state index contributed by atoms with van der Waals surface area (Å²) in [5, 5.41) is 3.25. The van der Waals surface area contributed by atoms with Crippen molar-refractivity contribution in [1.82, 2.24) is 24.5 Å². The zero-order valence-electron chi connectivity index (χ0n) is 17.9. The minimum Gasteiger partial charge on any atom is -0.326 e. The Balaban J connectivity index is 1.83. The van der Waals surface area contributed by atoms with Gasteiger partial charge in [-0.15, -0.1) is 0 Å².